The third-order valence-corrected chi connectivity index (χ3v) is 5.08. The van der Waals surface area contributed by atoms with E-state index in [1.165, 1.54) is 12.1 Å². The number of anilines is 1. The molecule has 0 radical (unpaired) electrons. The van der Waals surface area contributed by atoms with E-state index >= 15 is 0 Å². The second kappa shape index (κ2) is 5.20. The Labute approximate surface area is 136 Å². The van der Waals surface area contributed by atoms with E-state index < -0.39 is 0 Å². The molecule has 0 unspecified atom stereocenters. The van der Waals surface area contributed by atoms with Crippen LogP contribution in [-0.2, 0) is 0 Å². The van der Waals surface area contributed by atoms with Crippen LogP contribution in [0.2, 0.25) is 0 Å². The Balaban J connectivity index is 1.86. The molecule has 0 bridgehead atoms. The molecular formula is C18H14BrF2N. The van der Waals surface area contributed by atoms with Crippen LogP contribution in [0.1, 0.15) is 29.5 Å². The van der Waals surface area contributed by atoms with Crippen molar-refractivity contribution in [2.24, 2.45) is 5.92 Å². The maximum atomic E-state index is 14.4. The number of rotatable bonds is 1. The van der Waals surface area contributed by atoms with Crippen molar-refractivity contribution in [3.05, 3.63) is 75.8 Å². The minimum absolute atomic E-state index is 0.118. The fraction of sp³-hybridized carbons (Fsp3) is 0.222. The van der Waals surface area contributed by atoms with E-state index in [1.54, 1.807) is 12.1 Å². The minimum atomic E-state index is -0.301. The molecule has 22 heavy (non-hydrogen) atoms. The van der Waals surface area contributed by atoms with E-state index in [9.17, 15) is 8.78 Å². The van der Waals surface area contributed by atoms with Gasteiger partial charge in [0.15, 0.2) is 0 Å². The number of hydrogen-bond acceptors (Lipinski definition) is 1. The third-order valence-electron chi connectivity index (χ3n) is 4.63. The Hall–Kier alpha value is -1.68. The first-order chi connectivity index (χ1) is 10.6. The summed E-state index contributed by atoms with van der Waals surface area (Å²) in [6.07, 6.45) is 5.09. The van der Waals surface area contributed by atoms with Crippen molar-refractivity contribution in [3.8, 4) is 0 Å². The van der Waals surface area contributed by atoms with E-state index in [0.29, 0.717) is 11.3 Å². The topological polar surface area (TPSA) is 12.0 Å². The molecule has 2 aromatic rings. The van der Waals surface area contributed by atoms with Crippen molar-refractivity contribution >= 4 is 21.6 Å². The zero-order valence-corrected chi connectivity index (χ0v) is 13.3. The molecule has 0 saturated carbocycles. The fourth-order valence-electron chi connectivity index (χ4n) is 3.66. The summed E-state index contributed by atoms with van der Waals surface area (Å²) < 4.78 is 29.3. The highest BCUT2D eigenvalue weighted by atomic mass is 79.9. The largest absolute Gasteiger partial charge is 0.375 e. The molecule has 1 aliphatic heterocycles. The van der Waals surface area contributed by atoms with Gasteiger partial charge in [-0.3, -0.25) is 0 Å². The SMILES string of the molecule is Fc1ccccc1[C@@H]1Nc2c(F)cc(Br)cc2[C@@H]2C=CC[C@H]21. The van der Waals surface area contributed by atoms with E-state index in [4.69, 9.17) is 0 Å². The van der Waals surface area contributed by atoms with Crippen LogP contribution in [0.4, 0.5) is 14.5 Å². The highest BCUT2D eigenvalue weighted by Gasteiger charge is 2.39. The summed E-state index contributed by atoms with van der Waals surface area (Å²) in [5.74, 6) is -0.220. The first-order valence-electron chi connectivity index (χ1n) is 7.31. The number of benzene rings is 2. The fourth-order valence-corrected chi connectivity index (χ4v) is 4.10. The molecule has 4 heteroatoms. The quantitative estimate of drug-likeness (QED) is 0.656. The maximum Gasteiger partial charge on any atom is 0.147 e. The van der Waals surface area contributed by atoms with Crippen LogP contribution < -0.4 is 5.32 Å². The molecule has 4 rings (SSSR count). The molecule has 1 aliphatic carbocycles. The van der Waals surface area contributed by atoms with Crippen LogP contribution in [0.25, 0.3) is 0 Å². The summed E-state index contributed by atoms with van der Waals surface area (Å²) >= 11 is 3.36. The molecule has 0 fully saturated rings. The average molecular weight is 362 g/mol. The van der Waals surface area contributed by atoms with Crippen LogP contribution in [0.3, 0.4) is 0 Å². The zero-order valence-electron chi connectivity index (χ0n) is 11.7. The lowest BCUT2D eigenvalue weighted by Crippen LogP contribution is -2.30. The molecule has 2 aliphatic rings. The zero-order chi connectivity index (χ0) is 15.3. The normalized spacial score (nSPS) is 25.5. The van der Waals surface area contributed by atoms with Crippen LogP contribution in [-0.4, -0.2) is 0 Å². The lowest BCUT2D eigenvalue weighted by atomic mass is 9.77. The molecule has 1 heterocycles. The highest BCUT2D eigenvalue weighted by Crippen LogP contribution is 2.51. The van der Waals surface area contributed by atoms with Gasteiger partial charge in [0.05, 0.1) is 11.7 Å². The standard InChI is InChI=1S/C18H14BrF2N/c19-10-8-14-11-5-3-6-12(11)17(22-18(14)16(21)9-10)13-4-1-2-7-15(13)20/h1-5,7-9,11-12,17,22H,6H2/t11-,12-,17-/m1/s1. The van der Waals surface area contributed by atoms with Crippen molar-refractivity contribution in [2.75, 3.05) is 5.32 Å². The van der Waals surface area contributed by atoms with Gasteiger partial charge in [-0.25, -0.2) is 8.78 Å². The van der Waals surface area contributed by atoms with Gasteiger partial charge in [0, 0.05) is 16.0 Å². The smallest absolute Gasteiger partial charge is 0.147 e. The van der Waals surface area contributed by atoms with Crippen LogP contribution in [0, 0.1) is 17.6 Å². The van der Waals surface area contributed by atoms with Crippen molar-refractivity contribution in [3.63, 3.8) is 0 Å². The van der Waals surface area contributed by atoms with Gasteiger partial charge >= 0.3 is 0 Å². The monoisotopic (exact) mass is 361 g/mol. The summed E-state index contributed by atoms with van der Waals surface area (Å²) in [7, 11) is 0. The van der Waals surface area contributed by atoms with Crippen molar-refractivity contribution < 1.29 is 8.78 Å². The van der Waals surface area contributed by atoms with E-state index in [0.717, 1.165) is 16.5 Å². The molecule has 2 aromatic carbocycles. The van der Waals surface area contributed by atoms with E-state index in [1.807, 2.05) is 12.1 Å². The molecule has 112 valence electrons. The first-order valence-corrected chi connectivity index (χ1v) is 8.11. The number of allylic oxidation sites excluding steroid dienone is 2. The molecule has 1 nitrogen and oxygen atoms in total. The van der Waals surface area contributed by atoms with Gasteiger partial charge in [-0.1, -0.05) is 46.3 Å². The predicted octanol–water partition coefficient (Wildman–Crippen LogP) is 5.55. The Morgan fingerprint density at radius 1 is 1.05 bits per heavy atom. The molecule has 0 saturated heterocycles. The minimum Gasteiger partial charge on any atom is -0.375 e. The lowest BCUT2D eigenvalue weighted by molar-refractivity contribution is 0.409. The van der Waals surface area contributed by atoms with Gasteiger partial charge in [-0.15, -0.1) is 0 Å². The van der Waals surface area contributed by atoms with Gasteiger partial charge in [-0.2, -0.15) is 0 Å². The molecule has 0 aromatic heterocycles. The maximum absolute atomic E-state index is 14.4. The first kappa shape index (κ1) is 13.9. The van der Waals surface area contributed by atoms with Gasteiger partial charge < -0.3 is 5.32 Å². The number of nitrogens with one attached hydrogen (secondary N) is 1. The van der Waals surface area contributed by atoms with Gasteiger partial charge in [0.1, 0.15) is 11.6 Å². The summed E-state index contributed by atoms with van der Waals surface area (Å²) in [5.41, 5.74) is 2.04. The van der Waals surface area contributed by atoms with Crippen LogP contribution >= 0.6 is 15.9 Å². The molecular weight excluding hydrogens is 348 g/mol. The molecule has 1 N–H and O–H groups in total. The van der Waals surface area contributed by atoms with Crippen molar-refractivity contribution in [1.29, 1.82) is 0 Å². The lowest BCUT2D eigenvalue weighted by Gasteiger charge is -2.37. The highest BCUT2D eigenvalue weighted by molar-refractivity contribution is 9.10. The Kier molecular flexibility index (Phi) is 3.30. The van der Waals surface area contributed by atoms with Crippen molar-refractivity contribution in [1.82, 2.24) is 0 Å². The van der Waals surface area contributed by atoms with Gasteiger partial charge in [0.25, 0.3) is 0 Å². The summed E-state index contributed by atoms with van der Waals surface area (Å²) in [6, 6.07) is 9.93. The second-order valence-electron chi connectivity index (χ2n) is 5.85. The average Bonchev–Trinajstić information content (AvgIpc) is 2.97. The number of fused-ring (bicyclic) bond motifs is 3. The second-order valence-corrected chi connectivity index (χ2v) is 6.76. The van der Waals surface area contributed by atoms with Gasteiger partial charge in [-0.05, 0) is 36.1 Å². The number of halogens is 3. The third kappa shape index (κ3) is 2.09. The Morgan fingerprint density at radius 2 is 1.86 bits per heavy atom. The van der Waals surface area contributed by atoms with E-state index in [2.05, 4.69) is 33.4 Å². The molecule has 0 amide bonds. The Bertz CT molecular complexity index is 772. The van der Waals surface area contributed by atoms with Crippen LogP contribution in [0.5, 0.6) is 0 Å². The predicted molar refractivity (Wildman–Crippen MR) is 86.9 cm³/mol. The summed E-state index contributed by atoms with van der Waals surface area (Å²) in [5, 5.41) is 3.25. The number of hydrogen-bond donors (Lipinski definition) is 1. The molecule has 3 atom stereocenters. The van der Waals surface area contributed by atoms with Gasteiger partial charge in [0.2, 0.25) is 0 Å². The summed E-state index contributed by atoms with van der Waals surface area (Å²) in [4.78, 5) is 0. The summed E-state index contributed by atoms with van der Waals surface area (Å²) in [6.45, 7) is 0. The van der Waals surface area contributed by atoms with E-state index in [-0.39, 0.29) is 29.5 Å². The Morgan fingerprint density at radius 3 is 2.68 bits per heavy atom. The van der Waals surface area contributed by atoms with Crippen LogP contribution in [0.15, 0.2) is 53.0 Å². The van der Waals surface area contributed by atoms with Crippen molar-refractivity contribution in [2.45, 2.75) is 18.4 Å². The molecule has 0 spiro atoms.